The van der Waals surface area contributed by atoms with Crippen molar-refractivity contribution >= 4 is 56.4 Å². The maximum atomic E-state index is 11.4. The van der Waals surface area contributed by atoms with Crippen LogP contribution >= 0.6 is 34.5 Å². The van der Waals surface area contributed by atoms with Gasteiger partial charge in [-0.15, -0.1) is 11.3 Å². The number of rotatable bonds is 5. The van der Waals surface area contributed by atoms with E-state index < -0.39 is 12.1 Å². The fourth-order valence-corrected chi connectivity index (χ4v) is 3.36. The van der Waals surface area contributed by atoms with E-state index >= 15 is 0 Å². The number of fused-ring (bicyclic) bond motifs is 1. The zero-order valence-corrected chi connectivity index (χ0v) is 13.6. The molecule has 0 spiro atoms. The monoisotopic (exact) mass is 346 g/mol. The van der Waals surface area contributed by atoms with Gasteiger partial charge in [0.2, 0.25) is 0 Å². The van der Waals surface area contributed by atoms with Crippen LogP contribution in [-0.2, 0) is 4.79 Å². The minimum absolute atomic E-state index is 0.0668. The van der Waals surface area contributed by atoms with E-state index in [1.165, 1.54) is 18.3 Å². The molecule has 0 aliphatic rings. The number of Topliss-reactive ketones (excluding diaryl/α,β-unsaturated/α-hetero) is 1. The first-order chi connectivity index (χ1) is 9.85. The maximum absolute atomic E-state index is 11.4. The molecule has 0 fully saturated rings. The lowest BCUT2D eigenvalue weighted by atomic mass is 10.2. The molecule has 2 aromatic rings. The van der Waals surface area contributed by atoms with Crippen molar-refractivity contribution in [1.29, 1.82) is 0 Å². The molecule has 0 amide bonds. The van der Waals surface area contributed by atoms with Crippen LogP contribution in [0.3, 0.4) is 0 Å². The second kappa shape index (κ2) is 6.22. The number of hydrogen-bond acceptors (Lipinski definition) is 4. The summed E-state index contributed by atoms with van der Waals surface area (Å²) in [6.07, 6.45) is -0.703. The average Bonchev–Trinajstić information content (AvgIpc) is 2.85. The van der Waals surface area contributed by atoms with Gasteiger partial charge in [0.15, 0.2) is 11.9 Å². The number of thiophene rings is 1. The molecular formula is C14H12Cl2O4S. The summed E-state index contributed by atoms with van der Waals surface area (Å²) in [5.41, 5.74) is 0. The maximum Gasteiger partial charge on any atom is 0.344 e. The molecule has 0 bridgehead atoms. The van der Waals surface area contributed by atoms with Crippen LogP contribution in [0.25, 0.3) is 10.1 Å². The number of benzene rings is 1. The van der Waals surface area contributed by atoms with E-state index in [1.54, 1.807) is 19.1 Å². The van der Waals surface area contributed by atoms with E-state index in [4.69, 9.17) is 33.0 Å². The van der Waals surface area contributed by atoms with Crippen LogP contribution < -0.4 is 4.74 Å². The van der Waals surface area contributed by atoms with Crippen LogP contribution in [0.1, 0.15) is 29.9 Å². The lowest BCUT2D eigenvalue weighted by Gasteiger charge is -2.15. The summed E-state index contributed by atoms with van der Waals surface area (Å²) in [6, 6.07) is 3.30. The third-order valence-electron chi connectivity index (χ3n) is 2.92. The van der Waals surface area contributed by atoms with Gasteiger partial charge in [0, 0.05) is 0 Å². The minimum atomic E-state index is -1.07. The van der Waals surface area contributed by atoms with Crippen molar-refractivity contribution in [1.82, 2.24) is 0 Å². The summed E-state index contributed by atoms with van der Waals surface area (Å²) >= 11 is 13.6. The molecule has 1 N–H and O–H groups in total. The van der Waals surface area contributed by atoms with Crippen LogP contribution in [0.15, 0.2) is 12.1 Å². The summed E-state index contributed by atoms with van der Waals surface area (Å²) in [4.78, 5) is 23.0. The Hall–Kier alpha value is -1.30. The van der Waals surface area contributed by atoms with Crippen molar-refractivity contribution in [3.63, 3.8) is 0 Å². The number of carbonyl (C=O) groups is 2. The number of carboxylic acid groups (broad SMARTS) is 1. The smallest absolute Gasteiger partial charge is 0.344 e. The van der Waals surface area contributed by atoms with Crippen LogP contribution in [0.4, 0.5) is 0 Å². The quantitative estimate of drug-likeness (QED) is 0.800. The second-order valence-corrected chi connectivity index (χ2v) is 6.25. The van der Waals surface area contributed by atoms with Crippen LogP contribution in [0, 0.1) is 0 Å². The van der Waals surface area contributed by atoms with Crippen LogP contribution in [0.2, 0.25) is 10.0 Å². The number of hydrogen-bond donors (Lipinski definition) is 1. The Morgan fingerprint density at radius 3 is 2.52 bits per heavy atom. The molecule has 0 saturated carbocycles. The Morgan fingerprint density at radius 2 is 2.00 bits per heavy atom. The van der Waals surface area contributed by atoms with Gasteiger partial charge in [-0.05, 0) is 30.9 Å². The Bertz CT molecular complexity index is 723. The van der Waals surface area contributed by atoms with E-state index in [1.807, 2.05) is 0 Å². The zero-order chi connectivity index (χ0) is 15.7. The Labute approximate surface area is 135 Å². The lowest BCUT2D eigenvalue weighted by Crippen LogP contribution is -2.26. The summed E-state index contributed by atoms with van der Waals surface area (Å²) in [6.45, 7) is 3.17. The molecule has 0 radical (unpaired) electrons. The first-order valence-electron chi connectivity index (χ1n) is 6.17. The van der Waals surface area contributed by atoms with Crippen molar-refractivity contribution in [2.24, 2.45) is 0 Å². The Balaban J connectivity index is 2.52. The Kier molecular flexibility index (Phi) is 4.76. The van der Waals surface area contributed by atoms with E-state index in [-0.39, 0.29) is 21.6 Å². The summed E-state index contributed by atoms with van der Waals surface area (Å²) in [5, 5.41) is 10.2. The molecule has 112 valence electrons. The van der Waals surface area contributed by atoms with Gasteiger partial charge >= 0.3 is 5.97 Å². The van der Waals surface area contributed by atoms with E-state index in [2.05, 4.69) is 0 Å². The normalized spacial score (nSPS) is 12.4. The highest BCUT2D eigenvalue weighted by Crippen LogP contribution is 2.42. The number of aliphatic carboxylic acids is 1. The number of carboxylic acids is 1. The highest BCUT2D eigenvalue weighted by Gasteiger charge is 2.21. The number of ether oxygens (including phenoxy) is 1. The molecule has 1 atom stereocenters. The summed E-state index contributed by atoms with van der Waals surface area (Å²) in [5.74, 6) is -0.932. The van der Waals surface area contributed by atoms with Crippen molar-refractivity contribution in [2.75, 3.05) is 0 Å². The molecule has 0 saturated heterocycles. The van der Waals surface area contributed by atoms with E-state index in [0.717, 1.165) is 0 Å². The second-order valence-electron chi connectivity index (χ2n) is 4.44. The zero-order valence-electron chi connectivity index (χ0n) is 11.3. The van der Waals surface area contributed by atoms with Crippen molar-refractivity contribution < 1.29 is 19.4 Å². The highest BCUT2D eigenvalue weighted by atomic mass is 35.5. The van der Waals surface area contributed by atoms with E-state index in [0.29, 0.717) is 21.4 Å². The number of carbonyl (C=O) groups excluding carboxylic acids is 1. The third-order valence-corrected chi connectivity index (χ3v) is 5.15. The lowest BCUT2D eigenvalue weighted by molar-refractivity contribution is -0.145. The fraction of sp³-hybridized carbons (Fsp3) is 0.286. The molecule has 1 aromatic carbocycles. The molecule has 4 nitrogen and oxygen atoms in total. The molecule has 1 unspecified atom stereocenters. The van der Waals surface area contributed by atoms with Crippen molar-refractivity contribution in [3.05, 3.63) is 27.1 Å². The van der Waals surface area contributed by atoms with Gasteiger partial charge in [0.1, 0.15) is 10.8 Å². The number of ketones is 1. The van der Waals surface area contributed by atoms with Gasteiger partial charge in [-0.3, -0.25) is 4.79 Å². The molecule has 0 aliphatic heterocycles. The topological polar surface area (TPSA) is 63.6 Å². The Morgan fingerprint density at radius 1 is 1.33 bits per heavy atom. The average molecular weight is 347 g/mol. The minimum Gasteiger partial charge on any atom is -0.479 e. The molecule has 2 rings (SSSR count). The molecule has 0 aliphatic carbocycles. The van der Waals surface area contributed by atoms with Crippen LogP contribution in [0.5, 0.6) is 5.75 Å². The molecular weight excluding hydrogens is 335 g/mol. The highest BCUT2D eigenvalue weighted by molar-refractivity contribution is 7.21. The molecule has 21 heavy (non-hydrogen) atoms. The third kappa shape index (κ3) is 3.15. The predicted molar refractivity (Wildman–Crippen MR) is 84.2 cm³/mol. The van der Waals surface area contributed by atoms with Gasteiger partial charge in [-0.25, -0.2) is 4.79 Å². The number of halogens is 2. The fourth-order valence-electron chi connectivity index (χ4n) is 1.82. The van der Waals surface area contributed by atoms with Gasteiger partial charge in [-0.2, -0.15) is 0 Å². The molecule has 7 heteroatoms. The standard InChI is InChI=1S/C14H12Cl2O4S/c1-3-8(14(18)19)20-9-4-7-5-10(6(2)17)21-13(7)12(16)11(9)15/h4-5,8H,3H2,1-2H3,(H,18,19). The largest absolute Gasteiger partial charge is 0.479 e. The molecule has 1 aromatic heterocycles. The van der Waals surface area contributed by atoms with Gasteiger partial charge in [0.25, 0.3) is 0 Å². The molecule has 1 heterocycles. The van der Waals surface area contributed by atoms with Crippen LogP contribution in [-0.4, -0.2) is 23.0 Å². The predicted octanol–water partition coefficient (Wildman–Crippen LogP) is 4.65. The first-order valence-corrected chi connectivity index (χ1v) is 7.74. The summed E-state index contributed by atoms with van der Waals surface area (Å²) < 4.78 is 6.10. The van der Waals surface area contributed by atoms with Gasteiger partial charge in [0.05, 0.1) is 14.6 Å². The van der Waals surface area contributed by atoms with Gasteiger partial charge < -0.3 is 9.84 Å². The summed E-state index contributed by atoms with van der Waals surface area (Å²) in [7, 11) is 0. The van der Waals surface area contributed by atoms with E-state index in [9.17, 15) is 9.59 Å². The van der Waals surface area contributed by atoms with Crippen molar-refractivity contribution in [3.8, 4) is 5.75 Å². The van der Waals surface area contributed by atoms with Gasteiger partial charge in [-0.1, -0.05) is 30.1 Å². The first kappa shape index (κ1) is 16.1. The van der Waals surface area contributed by atoms with Crippen molar-refractivity contribution in [2.45, 2.75) is 26.4 Å². The SMILES string of the molecule is CCC(Oc1cc2cc(C(C)=O)sc2c(Cl)c1Cl)C(=O)O.